The number of hydrogen-bond acceptors (Lipinski definition) is 2. The maximum atomic E-state index is 4.52. The standard InChI is InChI=1S/C15H11BrIN3/c16-13-5-1-11(2-6-13)9-20-10-18-15(19-20)12-3-7-14(17)8-4-12/h1-8,10H,9H2. The molecule has 20 heavy (non-hydrogen) atoms. The van der Waals surface area contributed by atoms with Gasteiger partial charge >= 0.3 is 0 Å². The lowest BCUT2D eigenvalue weighted by molar-refractivity contribution is 0.687. The molecule has 2 aromatic carbocycles. The van der Waals surface area contributed by atoms with Gasteiger partial charge in [0.1, 0.15) is 6.33 Å². The van der Waals surface area contributed by atoms with Gasteiger partial charge in [-0.25, -0.2) is 9.67 Å². The highest BCUT2D eigenvalue weighted by atomic mass is 127. The summed E-state index contributed by atoms with van der Waals surface area (Å²) in [5.74, 6) is 0.763. The lowest BCUT2D eigenvalue weighted by atomic mass is 10.2. The zero-order chi connectivity index (χ0) is 13.9. The molecular formula is C15H11BrIN3. The van der Waals surface area contributed by atoms with Gasteiger partial charge in [-0.3, -0.25) is 0 Å². The van der Waals surface area contributed by atoms with Gasteiger partial charge in [0.05, 0.1) is 6.54 Å². The van der Waals surface area contributed by atoms with Gasteiger partial charge < -0.3 is 0 Å². The summed E-state index contributed by atoms with van der Waals surface area (Å²) in [7, 11) is 0. The molecule has 0 N–H and O–H groups in total. The highest BCUT2D eigenvalue weighted by molar-refractivity contribution is 14.1. The van der Waals surface area contributed by atoms with Gasteiger partial charge in [0.2, 0.25) is 0 Å². The fourth-order valence-corrected chi connectivity index (χ4v) is 2.50. The summed E-state index contributed by atoms with van der Waals surface area (Å²) >= 11 is 5.72. The third-order valence-corrected chi connectivity index (χ3v) is 4.14. The van der Waals surface area contributed by atoms with E-state index in [1.54, 1.807) is 6.33 Å². The smallest absolute Gasteiger partial charge is 0.181 e. The predicted octanol–water partition coefficient (Wildman–Crippen LogP) is 4.36. The molecule has 0 spiro atoms. The van der Waals surface area contributed by atoms with E-state index in [0.29, 0.717) is 0 Å². The molecule has 5 heteroatoms. The van der Waals surface area contributed by atoms with Crippen molar-refractivity contribution in [3.63, 3.8) is 0 Å². The number of hydrogen-bond donors (Lipinski definition) is 0. The Kier molecular flexibility index (Phi) is 4.16. The summed E-state index contributed by atoms with van der Waals surface area (Å²) < 4.78 is 4.15. The Hall–Kier alpha value is -1.21. The molecular weight excluding hydrogens is 429 g/mol. The third kappa shape index (κ3) is 3.27. The van der Waals surface area contributed by atoms with Gasteiger partial charge in [-0.15, -0.1) is 0 Å². The maximum Gasteiger partial charge on any atom is 0.181 e. The molecule has 0 saturated heterocycles. The Morgan fingerprint density at radius 3 is 2.40 bits per heavy atom. The van der Waals surface area contributed by atoms with Crippen molar-refractivity contribution in [3.05, 3.63) is 68.5 Å². The average molecular weight is 440 g/mol. The highest BCUT2D eigenvalue weighted by Crippen LogP contribution is 2.17. The first kappa shape index (κ1) is 13.8. The first-order valence-corrected chi connectivity index (χ1v) is 7.98. The Morgan fingerprint density at radius 2 is 1.70 bits per heavy atom. The first-order chi connectivity index (χ1) is 9.70. The van der Waals surface area contributed by atoms with Crippen LogP contribution in [0.2, 0.25) is 0 Å². The summed E-state index contributed by atoms with van der Waals surface area (Å²) in [6, 6.07) is 16.4. The van der Waals surface area contributed by atoms with Gasteiger partial charge in [0, 0.05) is 13.6 Å². The fraction of sp³-hybridized carbons (Fsp3) is 0.0667. The molecule has 0 amide bonds. The molecule has 0 unspecified atom stereocenters. The molecule has 0 atom stereocenters. The van der Waals surface area contributed by atoms with Crippen LogP contribution < -0.4 is 0 Å². The number of halogens is 2. The van der Waals surface area contributed by atoms with E-state index in [9.17, 15) is 0 Å². The fourth-order valence-electron chi connectivity index (χ4n) is 1.88. The summed E-state index contributed by atoms with van der Waals surface area (Å²) in [4.78, 5) is 4.37. The first-order valence-electron chi connectivity index (χ1n) is 6.10. The monoisotopic (exact) mass is 439 g/mol. The lowest BCUT2D eigenvalue weighted by Gasteiger charge is -2.01. The summed E-state index contributed by atoms with van der Waals surface area (Å²) in [5.41, 5.74) is 2.24. The van der Waals surface area contributed by atoms with Crippen LogP contribution in [0.25, 0.3) is 11.4 Å². The van der Waals surface area contributed by atoms with Gasteiger partial charge in [-0.05, 0) is 52.4 Å². The van der Waals surface area contributed by atoms with E-state index in [0.717, 1.165) is 22.4 Å². The van der Waals surface area contributed by atoms with Crippen molar-refractivity contribution < 1.29 is 0 Å². The Bertz CT molecular complexity index is 705. The molecule has 0 radical (unpaired) electrons. The maximum absolute atomic E-state index is 4.52. The van der Waals surface area contributed by atoms with E-state index in [1.165, 1.54) is 9.13 Å². The van der Waals surface area contributed by atoms with Gasteiger partial charge in [0.15, 0.2) is 5.82 Å². The molecule has 0 bridgehead atoms. The van der Waals surface area contributed by atoms with E-state index >= 15 is 0 Å². The number of aromatic nitrogens is 3. The Labute approximate surface area is 139 Å². The zero-order valence-electron chi connectivity index (χ0n) is 10.5. The predicted molar refractivity (Wildman–Crippen MR) is 91.4 cm³/mol. The van der Waals surface area contributed by atoms with Gasteiger partial charge in [0.25, 0.3) is 0 Å². The van der Waals surface area contributed by atoms with Crippen molar-refractivity contribution >= 4 is 38.5 Å². The number of benzene rings is 2. The van der Waals surface area contributed by atoms with Gasteiger partial charge in [-0.2, -0.15) is 5.10 Å². The molecule has 0 fully saturated rings. The van der Waals surface area contributed by atoms with Crippen LogP contribution in [0, 0.1) is 3.57 Å². The van der Waals surface area contributed by atoms with Crippen LogP contribution in [0.15, 0.2) is 59.3 Å². The topological polar surface area (TPSA) is 30.7 Å². The average Bonchev–Trinajstić information content (AvgIpc) is 2.91. The van der Waals surface area contributed by atoms with Gasteiger partial charge in [-0.1, -0.05) is 40.2 Å². The Morgan fingerprint density at radius 1 is 1.00 bits per heavy atom. The molecule has 100 valence electrons. The molecule has 0 aliphatic heterocycles. The highest BCUT2D eigenvalue weighted by Gasteiger charge is 2.04. The molecule has 0 aliphatic carbocycles. The largest absolute Gasteiger partial charge is 0.248 e. The molecule has 3 nitrogen and oxygen atoms in total. The molecule has 3 rings (SSSR count). The van der Waals surface area contributed by atoms with Crippen LogP contribution in [-0.4, -0.2) is 14.8 Å². The lowest BCUT2D eigenvalue weighted by Crippen LogP contribution is -2.00. The van der Waals surface area contributed by atoms with Crippen LogP contribution in [-0.2, 0) is 6.54 Å². The molecule has 1 aromatic heterocycles. The quantitative estimate of drug-likeness (QED) is 0.567. The van der Waals surface area contributed by atoms with E-state index in [1.807, 2.05) is 28.9 Å². The van der Waals surface area contributed by atoms with E-state index in [4.69, 9.17) is 0 Å². The van der Waals surface area contributed by atoms with Crippen molar-refractivity contribution in [2.75, 3.05) is 0 Å². The second kappa shape index (κ2) is 6.05. The number of nitrogens with zero attached hydrogens (tertiary/aromatic N) is 3. The van der Waals surface area contributed by atoms with Crippen LogP contribution in [0.3, 0.4) is 0 Å². The minimum Gasteiger partial charge on any atom is -0.248 e. The van der Waals surface area contributed by atoms with Crippen LogP contribution >= 0.6 is 38.5 Å². The van der Waals surface area contributed by atoms with Crippen LogP contribution in [0.5, 0.6) is 0 Å². The second-order valence-corrected chi connectivity index (χ2v) is 6.56. The second-order valence-electron chi connectivity index (χ2n) is 4.40. The third-order valence-electron chi connectivity index (χ3n) is 2.90. The summed E-state index contributed by atoms with van der Waals surface area (Å²) in [6.45, 7) is 0.727. The number of rotatable bonds is 3. The van der Waals surface area contributed by atoms with E-state index < -0.39 is 0 Å². The van der Waals surface area contributed by atoms with Crippen LogP contribution in [0.4, 0.5) is 0 Å². The zero-order valence-corrected chi connectivity index (χ0v) is 14.2. The SMILES string of the molecule is Brc1ccc(Cn2cnc(-c3ccc(I)cc3)n2)cc1. The van der Waals surface area contributed by atoms with E-state index in [-0.39, 0.29) is 0 Å². The Balaban J connectivity index is 1.80. The molecule has 1 heterocycles. The van der Waals surface area contributed by atoms with Crippen molar-refractivity contribution in [3.8, 4) is 11.4 Å². The molecule has 0 aliphatic rings. The van der Waals surface area contributed by atoms with Crippen molar-refractivity contribution in [1.29, 1.82) is 0 Å². The van der Waals surface area contributed by atoms with Crippen molar-refractivity contribution in [2.24, 2.45) is 0 Å². The van der Waals surface area contributed by atoms with Crippen molar-refractivity contribution in [1.82, 2.24) is 14.8 Å². The van der Waals surface area contributed by atoms with Crippen molar-refractivity contribution in [2.45, 2.75) is 6.54 Å². The molecule has 3 aromatic rings. The minimum atomic E-state index is 0.727. The normalized spacial score (nSPS) is 10.7. The molecule has 0 saturated carbocycles. The minimum absolute atomic E-state index is 0.727. The van der Waals surface area contributed by atoms with E-state index in [2.05, 4.69) is 72.9 Å². The summed E-state index contributed by atoms with van der Waals surface area (Å²) in [6.07, 6.45) is 1.77. The van der Waals surface area contributed by atoms with Crippen LogP contribution in [0.1, 0.15) is 5.56 Å². The summed E-state index contributed by atoms with van der Waals surface area (Å²) in [5, 5.41) is 4.52.